The van der Waals surface area contributed by atoms with Crippen molar-refractivity contribution in [1.29, 1.82) is 0 Å². The Morgan fingerprint density at radius 1 is 1.30 bits per heavy atom. The predicted octanol–water partition coefficient (Wildman–Crippen LogP) is 3.67. The fraction of sp³-hybridized carbons (Fsp3) is 0.500. The highest BCUT2D eigenvalue weighted by atomic mass is 35.5. The summed E-state index contributed by atoms with van der Waals surface area (Å²) in [6.07, 6.45) is 0. The molecule has 9 heteroatoms. The van der Waals surface area contributed by atoms with E-state index in [1.807, 2.05) is 0 Å². The van der Waals surface area contributed by atoms with Gasteiger partial charge >= 0.3 is 5.97 Å². The molecule has 0 spiro atoms. The largest absolute Gasteiger partial charge is 0.493 e. The molecule has 128 valence electrons. The van der Waals surface area contributed by atoms with E-state index in [9.17, 15) is 14.9 Å². The summed E-state index contributed by atoms with van der Waals surface area (Å²) in [5.41, 5.74) is -0.590. The van der Waals surface area contributed by atoms with Crippen molar-refractivity contribution in [2.45, 2.75) is 25.7 Å². The molecule has 0 saturated carbocycles. The number of carbonyl (C=O) groups excluding carboxylic acids is 1. The zero-order valence-corrected chi connectivity index (χ0v) is 15.3. The summed E-state index contributed by atoms with van der Waals surface area (Å²) in [4.78, 5) is 22.7. The quantitative estimate of drug-likeness (QED) is 0.231. The monoisotopic (exact) mass is 361 g/mol. The molecule has 0 fully saturated rings. The molecule has 0 aliphatic carbocycles. The number of rotatable bonds is 8. The van der Waals surface area contributed by atoms with E-state index in [1.165, 1.54) is 13.2 Å². The molecule has 0 amide bonds. The van der Waals surface area contributed by atoms with Crippen molar-refractivity contribution >= 4 is 31.3 Å². The minimum atomic E-state index is -1.37. The molecule has 0 atom stereocenters. The minimum Gasteiger partial charge on any atom is -0.493 e. The Balaban J connectivity index is 3.09. The van der Waals surface area contributed by atoms with E-state index in [2.05, 4.69) is 19.6 Å². The lowest BCUT2D eigenvalue weighted by Gasteiger charge is -2.15. The molecule has 1 aromatic carbocycles. The Morgan fingerprint density at radius 3 is 2.43 bits per heavy atom. The fourth-order valence-corrected chi connectivity index (χ4v) is 2.55. The van der Waals surface area contributed by atoms with E-state index < -0.39 is 24.7 Å². The van der Waals surface area contributed by atoms with Crippen LogP contribution in [0, 0.1) is 10.1 Å². The van der Waals surface area contributed by atoms with Crippen LogP contribution in [0.4, 0.5) is 5.69 Å². The summed E-state index contributed by atoms with van der Waals surface area (Å²) in [6, 6.07) is 2.93. The van der Waals surface area contributed by atoms with E-state index in [4.69, 9.17) is 25.8 Å². The third-order valence-electron chi connectivity index (χ3n) is 2.99. The second-order valence-electron chi connectivity index (χ2n) is 5.98. The van der Waals surface area contributed by atoms with E-state index in [-0.39, 0.29) is 29.7 Å². The Labute approximate surface area is 140 Å². The summed E-state index contributed by atoms with van der Waals surface area (Å²) in [7, 11) is -0.0326. The molecular formula is C14H20ClNO6Si. The topological polar surface area (TPSA) is 87.9 Å². The second kappa shape index (κ2) is 8.16. The van der Waals surface area contributed by atoms with Gasteiger partial charge < -0.3 is 14.2 Å². The Morgan fingerprint density at radius 2 is 1.96 bits per heavy atom. The molecule has 7 nitrogen and oxygen atoms in total. The molecule has 0 saturated heterocycles. The van der Waals surface area contributed by atoms with Crippen molar-refractivity contribution < 1.29 is 23.9 Å². The van der Waals surface area contributed by atoms with Crippen LogP contribution in [0.1, 0.15) is 10.4 Å². The first-order valence-corrected chi connectivity index (χ1v) is 11.2. The second-order valence-corrected chi connectivity index (χ2v) is 11.8. The number of hydrogen-bond acceptors (Lipinski definition) is 6. The number of carbonyl (C=O) groups is 1. The molecular weight excluding hydrogens is 342 g/mol. The minimum absolute atomic E-state index is 0.121. The van der Waals surface area contributed by atoms with Gasteiger partial charge in [0.1, 0.15) is 5.56 Å². The van der Waals surface area contributed by atoms with E-state index in [0.717, 1.165) is 12.1 Å². The molecule has 1 aromatic rings. The number of nitro groups is 1. The maximum Gasteiger partial charge on any atom is 0.345 e. The van der Waals surface area contributed by atoms with Gasteiger partial charge in [-0.05, 0) is 6.04 Å². The lowest BCUT2D eigenvalue weighted by Crippen LogP contribution is -2.23. The highest BCUT2D eigenvalue weighted by Crippen LogP contribution is 2.35. The third-order valence-corrected chi connectivity index (χ3v) is 4.81. The number of benzene rings is 1. The first-order chi connectivity index (χ1) is 10.7. The lowest BCUT2D eigenvalue weighted by molar-refractivity contribution is -0.385. The van der Waals surface area contributed by atoms with Crippen molar-refractivity contribution in [2.24, 2.45) is 0 Å². The van der Waals surface area contributed by atoms with Crippen molar-refractivity contribution in [2.75, 3.05) is 19.8 Å². The van der Waals surface area contributed by atoms with Gasteiger partial charge in [0.2, 0.25) is 0 Å². The van der Waals surface area contributed by atoms with Crippen molar-refractivity contribution in [3.63, 3.8) is 0 Å². The molecule has 0 radical (unpaired) electrons. The Kier molecular flexibility index (Phi) is 6.83. The average molecular weight is 362 g/mol. The Hall–Kier alpha value is -1.80. The molecule has 0 unspecified atom stereocenters. The summed E-state index contributed by atoms with van der Waals surface area (Å²) < 4.78 is 15.3. The molecule has 0 heterocycles. The molecule has 0 N–H and O–H groups in total. The number of nitro benzene ring substituents is 1. The normalized spacial score (nSPS) is 11.0. The van der Waals surface area contributed by atoms with E-state index >= 15 is 0 Å². The standard InChI is InChI=1S/C14H20ClNO6Si/c1-20-12-8-11(16(18)19)10(7-13(12)22-9-15)14(17)21-5-6-23(2,3)4/h7-8H,5-6,9H2,1-4H3. The van der Waals surface area contributed by atoms with Crippen molar-refractivity contribution in [3.05, 3.63) is 27.8 Å². The van der Waals surface area contributed by atoms with E-state index in [1.54, 1.807) is 0 Å². The predicted molar refractivity (Wildman–Crippen MR) is 89.4 cm³/mol. The van der Waals surface area contributed by atoms with Gasteiger partial charge in [0, 0.05) is 14.1 Å². The summed E-state index contributed by atoms with van der Waals surface area (Å²) in [5, 5.41) is 11.2. The molecule has 0 aliphatic rings. The number of nitrogens with zero attached hydrogens (tertiary/aromatic N) is 1. The highest BCUT2D eigenvalue weighted by Gasteiger charge is 2.26. The SMILES string of the molecule is COc1cc([N+](=O)[O-])c(C(=O)OCC[Si](C)(C)C)cc1OCCl. The van der Waals surface area contributed by atoms with Gasteiger partial charge in [-0.2, -0.15) is 0 Å². The van der Waals surface area contributed by atoms with Crippen molar-refractivity contribution in [1.82, 2.24) is 0 Å². The summed E-state index contributed by atoms with van der Waals surface area (Å²) in [5.74, 6) is -0.502. The Bertz CT molecular complexity index is 587. The maximum atomic E-state index is 12.2. The van der Waals surface area contributed by atoms with Gasteiger partial charge in [-0.15, -0.1) is 0 Å². The van der Waals surface area contributed by atoms with Gasteiger partial charge in [0.15, 0.2) is 17.6 Å². The van der Waals surface area contributed by atoms with Crippen LogP contribution in [0.2, 0.25) is 25.7 Å². The van der Waals surface area contributed by atoms with Crippen LogP contribution < -0.4 is 9.47 Å². The van der Waals surface area contributed by atoms with Crippen LogP contribution in [0.5, 0.6) is 11.5 Å². The molecule has 23 heavy (non-hydrogen) atoms. The smallest absolute Gasteiger partial charge is 0.345 e. The van der Waals surface area contributed by atoms with Crippen LogP contribution in [0.3, 0.4) is 0 Å². The molecule has 0 bridgehead atoms. The fourth-order valence-electron chi connectivity index (χ4n) is 1.72. The van der Waals surface area contributed by atoms with Gasteiger partial charge in [0.25, 0.3) is 5.69 Å². The third kappa shape index (κ3) is 5.72. The van der Waals surface area contributed by atoms with Crippen LogP contribution in [-0.4, -0.2) is 38.7 Å². The van der Waals surface area contributed by atoms with Gasteiger partial charge in [-0.1, -0.05) is 31.2 Å². The number of halogens is 1. The highest BCUT2D eigenvalue weighted by molar-refractivity contribution is 6.76. The average Bonchev–Trinajstić information content (AvgIpc) is 2.45. The van der Waals surface area contributed by atoms with Crippen LogP contribution in [0.25, 0.3) is 0 Å². The maximum absolute atomic E-state index is 12.2. The number of hydrogen-bond donors (Lipinski definition) is 0. The zero-order valence-electron chi connectivity index (χ0n) is 13.6. The number of methoxy groups -OCH3 is 1. The molecule has 1 rings (SSSR count). The lowest BCUT2D eigenvalue weighted by atomic mass is 10.1. The first kappa shape index (κ1) is 19.2. The summed E-state index contributed by atoms with van der Waals surface area (Å²) >= 11 is 5.51. The molecule has 0 aromatic heterocycles. The summed E-state index contributed by atoms with van der Waals surface area (Å²) in [6.45, 7) is 6.65. The van der Waals surface area contributed by atoms with Crippen LogP contribution in [0.15, 0.2) is 12.1 Å². The zero-order chi connectivity index (χ0) is 17.6. The number of ether oxygens (including phenoxy) is 3. The van der Waals surface area contributed by atoms with Crippen LogP contribution in [-0.2, 0) is 4.74 Å². The van der Waals surface area contributed by atoms with Crippen molar-refractivity contribution in [3.8, 4) is 11.5 Å². The number of esters is 1. The molecule has 0 aliphatic heterocycles. The van der Waals surface area contributed by atoms with Crippen LogP contribution >= 0.6 is 11.6 Å². The van der Waals surface area contributed by atoms with Gasteiger partial charge in [0.05, 0.1) is 24.7 Å². The van der Waals surface area contributed by atoms with Gasteiger partial charge in [-0.25, -0.2) is 4.79 Å². The number of alkyl halides is 1. The van der Waals surface area contributed by atoms with E-state index in [0.29, 0.717) is 0 Å². The van der Waals surface area contributed by atoms with Gasteiger partial charge in [-0.3, -0.25) is 10.1 Å². The first-order valence-electron chi connectivity index (χ1n) is 6.92.